The molecule has 1 unspecified atom stereocenters. The van der Waals surface area contributed by atoms with Crippen molar-refractivity contribution >= 4 is 11.7 Å². The molecule has 0 radical (unpaired) electrons. The lowest BCUT2D eigenvalue weighted by atomic mass is 9.91. The number of likely N-dealkylation sites (tertiary alicyclic amines) is 1. The van der Waals surface area contributed by atoms with Crippen molar-refractivity contribution in [1.82, 2.24) is 24.6 Å². The Hall–Kier alpha value is -2.57. The first kappa shape index (κ1) is 15.3. The van der Waals surface area contributed by atoms with E-state index in [0.29, 0.717) is 31.7 Å². The molecule has 3 heterocycles. The summed E-state index contributed by atoms with van der Waals surface area (Å²) in [5.74, 6) is -0.0587. The molecular weight excluding hydrogens is 294 g/mol. The Kier molecular flexibility index (Phi) is 4.75. The molecule has 3 rings (SSSR count). The van der Waals surface area contributed by atoms with Crippen LogP contribution in [0.25, 0.3) is 0 Å². The van der Waals surface area contributed by atoms with E-state index in [1.54, 1.807) is 40.5 Å². The van der Waals surface area contributed by atoms with E-state index in [4.69, 9.17) is 0 Å². The third-order valence-corrected chi connectivity index (χ3v) is 4.11. The number of rotatable bonds is 5. The summed E-state index contributed by atoms with van der Waals surface area (Å²) in [5, 5.41) is 7.44. The second-order valence-electron chi connectivity index (χ2n) is 5.71. The van der Waals surface area contributed by atoms with Crippen LogP contribution < -0.4 is 0 Å². The van der Waals surface area contributed by atoms with Gasteiger partial charge in [0.25, 0.3) is 0 Å². The number of nitrogens with zero attached hydrogens (tertiary/aromatic N) is 5. The predicted molar refractivity (Wildman–Crippen MR) is 82.5 cm³/mol. The average molecular weight is 313 g/mol. The van der Waals surface area contributed by atoms with Gasteiger partial charge < -0.3 is 9.47 Å². The first-order valence-electron chi connectivity index (χ1n) is 7.79. The lowest BCUT2D eigenvalue weighted by molar-refractivity contribution is -0.132. The smallest absolute Gasteiger partial charge is 0.224 e. The summed E-state index contributed by atoms with van der Waals surface area (Å²) in [6, 6.07) is 5.33. The minimum absolute atomic E-state index is 0.0295. The summed E-state index contributed by atoms with van der Waals surface area (Å²) in [4.78, 5) is 30.7. The van der Waals surface area contributed by atoms with Crippen molar-refractivity contribution < 1.29 is 9.59 Å². The molecule has 23 heavy (non-hydrogen) atoms. The van der Waals surface area contributed by atoms with E-state index in [0.717, 1.165) is 12.8 Å². The fraction of sp³-hybridized carbons (Fsp3) is 0.438. The Morgan fingerprint density at radius 1 is 1.22 bits per heavy atom. The lowest BCUT2D eigenvalue weighted by Crippen LogP contribution is -2.42. The zero-order chi connectivity index (χ0) is 16.1. The molecule has 0 N–H and O–H groups in total. The number of carbonyl (C=O) groups excluding carboxylic acids is 2. The van der Waals surface area contributed by atoms with E-state index in [1.165, 1.54) is 0 Å². The van der Waals surface area contributed by atoms with Crippen LogP contribution >= 0.6 is 0 Å². The zero-order valence-electron chi connectivity index (χ0n) is 12.8. The third-order valence-electron chi connectivity index (χ3n) is 4.11. The molecule has 0 spiro atoms. The van der Waals surface area contributed by atoms with Crippen molar-refractivity contribution in [2.45, 2.75) is 25.8 Å². The largest absolute Gasteiger partial charge is 0.342 e. The first-order valence-corrected chi connectivity index (χ1v) is 7.79. The van der Waals surface area contributed by atoms with Crippen molar-refractivity contribution in [2.24, 2.45) is 5.92 Å². The first-order chi connectivity index (χ1) is 11.2. The maximum atomic E-state index is 12.5. The topological polar surface area (TPSA) is 81.0 Å². The molecule has 0 aromatic carbocycles. The van der Waals surface area contributed by atoms with E-state index < -0.39 is 0 Å². The molecule has 1 amide bonds. The summed E-state index contributed by atoms with van der Waals surface area (Å²) in [6.07, 6.45) is 6.86. The number of hydrogen-bond acceptors (Lipinski definition) is 5. The Balaban J connectivity index is 1.57. The van der Waals surface area contributed by atoms with E-state index in [9.17, 15) is 9.59 Å². The number of aromatic nitrogens is 4. The summed E-state index contributed by atoms with van der Waals surface area (Å²) in [7, 11) is 0. The van der Waals surface area contributed by atoms with Gasteiger partial charge in [-0.2, -0.15) is 0 Å². The van der Waals surface area contributed by atoms with Crippen LogP contribution in [0.5, 0.6) is 0 Å². The van der Waals surface area contributed by atoms with Crippen molar-refractivity contribution in [3.63, 3.8) is 0 Å². The molecule has 0 bridgehead atoms. The van der Waals surface area contributed by atoms with Crippen molar-refractivity contribution in [3.8, 4) is 0 Å². The fourth-order valence-corrected chi connectivity index (χ4v) is 2.86. The molecule has 0 aliphatic carbocycles. The molecule has 0 saturated carbocycles. The summed E-state index contributed by atoms with van der Waals surface area (Å²) < 4.78 is 1.78. The van der Waals surface area contributed by atoms with Crippen molar-refractivity contribution in [2.75, 3.05) is 13.1 Å². The summed E-state index contributed by atoms with van der Waals surface area (Å²) >= 11 is 0. The minimum Gasteiger partial charge on any atom is -0.342 e. The van der Waals surface area contributed by atoms with Crippen LogP contribution in [0.4, 0.5) is 0 Å². The van der Waals surface area contributed by atoms with E-state index in [1.807, 2.05) is 6.07 Å². The van der Waals surface area contributed by atoms with Gasteiger partial charge in [-0.3, -0.25) is 14.6 Å². The molecule has 1 aliphatic heterocycles. The molecule has 1 aliphatic rings. The number of Topliss-reactive ketones (excluding diaryl/α,β-unsaturated/α-hetero) is 1. The number of amides is 1. The normalized spacial score (nSPS) is 17.9. The second kappa shape index (κ2) is 7.13. The maximum absolute atomic E-state index is 12.5. The molecule has 1 atom stereocenters. The SMILES string of the molecule is O=C(c1ccccn1)C1CCCN(C(=O)CCn2cnnc2)C1. The molecule has 1 fully saturated rings. The third kappa shape index (κ3) is 3.80. The Bertz CT molecular complexity index is 656. The average Bonchev–Trinajstić information content (AvgIpc) is 3.13. The van der Waals surface area contributed by atoms with Gasteiger partial charge in [0.1, 0.15) is 18.3 Å². The Labute approximate surface area is 134 Å². The van der Waals surface area contributed by atoms with Gasteiger partial charge in [-0.25, -0.2) is 0 Å². The molecule has 2 aromatic rings. The molecule has 7 nitrogen and oxygen atoms in total. The number of pyridine rings is 1. The Morgan fingerprint density at radius 3 is 2.78 bits per heavy atom. The van der Waals surface area contributed by atoms with E-state index in [-0.39, 0.29) is 17.6 Å². The molecule has 2 aromatic heterocycles. The van der Waals surface area contributed by atoms with Gasteiger partial charge in [0, 0.05) is 38.2 Å². The van der Waals surface area contributed by atoms with E-state index >= 15 is 0 Å². The molecular formula is C16H19N5O2. The highest BCUT2D eigenvalue weighted by molar-refractivity contribution is 5.96. The van der Waals surface area contributed by atoms with Gasteiger partial charge in [-0.1, -0.05) is 6.07 Å². The van der Waals surface area contributed by atoms with Gasteiger partial charge in [-0.05, 0) is 25.0 Å². The standard InChI is InChI=1S/C16H19N5O2/c22-15(6-9-20-11-18-19-12-20)21-8-3-4-13(10-21)16(23)14-5-1-2-7-17-14/h1-2,5,7,11-13H,3-4,6,8-10H2. The van der Waals surface area contributed by atoms with Crippen molar-refractivity contribution in [1.29, 1.82) is 0 Å². The molecule has 120 valence electrons. The predicted octanol–water partition coefficient (Wildman–Crippen LogP) is 1.18. The second-order valence-corrected chi connectivity index (χ2v) is 5.71. The summed E-state index contributed by atoms with van der Waals surface area (Å²) in [5.41, 5.74) is 0.483. The monoisotopic (exact) mass is 313 g/mol. The molecule has 1 saturated heterocycles. The zero-order valence-corrected chi connectivity index (χ0v) is 12.8. The Morgan fingerprint density at radius 2 is 2.04 bits per heavy atom. The maximum Gasteiger partial charge on any atom is 0.224 e. The number of aryl methyl sites for hydroxylation is 1. The quantitative estimate of drug-likeness (QED) is 0.774. The van der Waals surface area contributed by atoms with Crippen LogP contribution in [0.15, 0.2) is 37.1 Å². The van der Waals surface area contributed by atoms with Crippen LogP contribution in [-0.4, -0.2) is 49.4 Å². The fourth-order valence-electron chi connectivity index (χ4n) is 2.86. The van der Waals surface area contributed by atoms with Gasteiger partial charge >= 0.3 is 0 Å². The van der Waals surface area contributed by atoms with Crippen LogP contribution in [0.2, 0.25) is 0 Å². The number of ketones is 1. The van der Waals surface area contributed by atoms with Gasteiger partial charge in [0.05, 0.1) is 0 Å². The lowest BCUT2D eigenvalue weighted by Gasteiger charge is -2.32. The highest BCUT2D eigenvalue weighted by atomic mass is 16.2. The van der Waals surface area contributed by atoms with Crippen molar-refractivity contribution in [3.05, 3.63) is 42.7 Å². The highest BCUT2D eigenvalue weighted by Crippen LogP contribution is 2.20. The number of hydrogen-bond donors (Lipinski definition) is 0. The van der Waals surface area contributed by atoms with Crippen LogP contribution in [0.1, 0.15) is 29.8 Å². The number of carbonyl (C=O) groups is 2. The van der Waals surface area contributed by atoms with Crippen LogP contribution in [0, 0.1) is 5.92 Å². The van der Waals surface area contributed by atoms with Crippen LogP contribution in [-0.2, 0) is 11.3 Å². The minimum atomic E-state index is -0.155. The highest BCUT2D eigenvalue weighted by Gasteiger charge is 2.29. The molecule has 7 heteroatoms. The van der Waals surface area contributed by atoms with Crippen LogP contribution in [0.3, 0.4) is 0 Å². The van der Waals surface area contributed by atoms with Gasteiger partial charge in [-0.15, -0.1) is 10.2 Å². The summed E-state index contributed by atoms with van der Waals surface area (Å²) in [6.45, 7) is 1.75. The van der Waals surface area contributed by atoms with Gasteiger partial charge in [0.2, 0.25) is 5.91 Å². The number of piperidine rings is 1. The van der Waals surface area contributed by atoms with Gasteiger partial charge in [0.15, 0.2) is 5.78 Å². The van der Waals surface area contributed by atoms with E-state index in [2.05, 4.69) is 15.2 Å².